The molecule has 1 saturated heterocycles. The molecule has 4 aromatic rings. The standard InChI is InChI=1S/C22H16N4O4S2/c27-20-16(11-17-21(28)26(22(31)32-17)13-15-6-4-10-30-15)19(23-12-14-5-3-9-29-14)24-18-7-1-2-8-25(18)20/h1-11,23H,12-13H2/b17-11-. The van der Waals surface area contributed by atoms with Crippen LogP contribution < -0.4 is 10.9 Å². The van der Waals surface area contributed by atoms with E-state index in [0.29, 0.717) is 38.8 Å². The SMILES string of the molecule is O=C1/C(=C/c2c(NCc3ccco3)nc3ccccn3c2=O)SC(=S)N1Cc1ccco1. The molecule has 0 bridgehead atoms. The van der Waals surface area contributed by atoms with Crippen LogP contribution in [0.4, 0.5) is 5.82 Å². The van der Waals surface area contributed by atoms with Crippen molar-refractivity contribution in [1.29, 1.82) is 0 Å². The quantitative estimate of drug-likeness (QED) is 0.339. The number of hydrogen-bond donors (Lipinski definition) is 1. The Morgan fingerprint density at radius 2 is 1.84 bits per heavy atom. The Labute approximate surface area is 191 Å². The highest BCUT2D eigenvalue weighted by Crippen LogP contribution is 2.34. The van der Waals surface area contributed by atoms with Crippen molar-refractivity contribution >= 4 is 51.7 Å². The normalized spacial score (nSPS) is 15.2. The average molecular weight is 465 g/mol. The molecule has 5 heterocycles. The number of aromatic nitrogens is 2. The molecule has 0 saturated carbocycles. The van der Waals surface area contributed by atoms with Gasteiger partial charge in [-0.1, -0.05) is 30.0 Å². The van der Waals surface area contributed by atoms with Crippen LogP contribution in [0.25, 0.3) is 11.7 Å². The van der Waals surface area contributed by atoms with Crippen molar-refractivity contribution in [2.24, 2.45) is 0 Å². The Morgan fingerprint density at radius 1 is 1.06 bits per heavy atom. The summed E-state index contributed by atoms with van der Waals surface area (Å²) in [6.07, 6.45) is 6.30. The van der Waals surface area contributed by atoms with Crippen LogP contribution in [-0.4, -0.2) is 24.5 Å². The first-order valence-corrected chi connectivity index (χ1v) is 10.9. The van der Waals surface area contributed by atoms with E-state index in [9.17, 15) is 9.59 Å². The molecule has 5 rings (SSSR count). The number of nitrogens with one attached hydrogen (secondary N) is 1. The second-order valence-corrected chi connectivity index (χ2v) is 8.56. The van der Waals surface area contributed by atoms with E-state index in [1.165, 1.54) is 9.30 Å². The Bertz CT molecular complexity index is 1390. The number of hydrogen-bond acceptors (Lipinski definition) is 8. The molecule has 0 atom stereocenters. The van der Waals surface area contributed by atoms with E-state index < -0.39 is 0 Å². The summed E-state index contributed by atoms with van der Waals surface area (Å²) < 4.78 is 12.5. The molecular formula is C22H16N4O4S2. The molecule has 1 aliphatic heterocycles. The highest BCUT2D eigenvalue weighted by Gasteiger charge is 2.33. The maximum Gasteiger partial charge on any atom is 0.267 e. The van der Waals surface area contributed by atoms with Crippen LogP contribution >= 0.6 is 24.0 Å². The summed E-state index contributed by atoms with van der Waals surface area (Å²) in [5.74, 6) is 1.38. The average Bonchev–Trinajstić information content (AvgIpc) is 3.55. The molecule has 0 aliphatic carbocycles. The van der Waals surface area contributed by atoms with Crippen LogP contribution in [0, 0.1) is 0 Å². The molecule has 1 amide bonds. The van der Waals surface area contributed by atoms with Crippen LogP contribution in [0.15, 0.2) is 79.7 Å². The van der Waals surface area contributed by atoms with Gasteiger partial charge in [0.2, 0.25) is 0 Å². The molecule has 4 aromatic heterocycles. The fourth-order valence-electron chi connectivity index (χ4n) is 3.28. The molecule has 1 fully saturated rings. The van der Waals surface area contributed by atoms with Crippen LogP contribution in [0.3, 0.4) is 0 Å². The Hall–Kier alpha value is -3.63. The molecule has 32 heavy (non-hydrogen) atoms. The van der Waals surface area contributed by atoms with Gasteiger partial charge in [-0.15, -0.1) is 0 Å². The number of fused-ring (bicyclic) bond motifs is 1. The van der Waals surface area contributed by atoms with E-state index in [-0.39, 0.29) is 23.6 Å². The molecule has 1 N–H and O–H groups in total. The number of nitrogens with zero attached hydrogens (tertiary/aromatic N) is 3. The van der Waals surface area contributed by atoms with Crippen LogP contribution in [0.2, 0.25) is 0 Å². The summed E-state index contributed by atoms with van der Waals surface area (Å²) in [5, 5.41) is 3.15. The third-order valence-electron chi connectivity index (χ3n) is 4.82. The van der Waals surface area contributed by atoms with Crippen molar-refractivity contribution in [3.8, 4) is 0 Å². The van der Waals surface area contributed by atoms with Crippen molar-refractivity contribution < 1.29 is 13.6 Å². The van der Waals surface area contributed by atoms with Gasteiger partial charge in [0.1, 0.15) is 27.3 Å². The maximum absolute atomic E-state index is 13.3. The van der Waals surface area contributed by atoms with Crippen LogP contribution in [-0.2, 0) is 17.9 Å². The van der Waals surface area contributed by atoms with Gasteiger partial charge in [0.25, 0.3) is 11.5 Å². The highest BCUT2D eigenvalue weighted by molar-refractivity contribution is 8.26. The molecule has 0 radical (unpaired) electrons. The van der Waals surface area contributed by atoms with Crippen molar-refractivity contribution in [1.82, 2.24) is 14.3 Å². The summed E-state index contributed by atoms with van der Waals surface area (Å²) in [6, 6.07) is 12.4. The first kappa shape index (κ1) is 20.3. The summed E-state index contributed by atoms with van der Waals surface area (Å²) in [6.45, 7) is 0.566. The number of anilines is 1. The van der Waals surface area contributed by atoms with Gasteiger partial charge < -0.3 is 14.2 Å². The summed E-state index contributed by atoms with van der Waals surface area (Å²) in [7, 11) is 0. The van der Waals surface area contributed by atoms with Gasteiger partial charge >= 0.3 is 0 Å². The molecule has 160 valence electrons. The van der Waals surface area contributed by atoms with E-state index in [0.717, 1.165) is 11.8 Å². The second kappa shape index (κ2) is 8.48. The summed E-state index contributed by atoms with van der Waals surface area (Å²) >= 11 is 6.53. The molecule has 0 spiro atoms. The highest BCUT2D eigenvalue weighted by atomic mass is 32.2. The minimum atomic E-state index is -0.297. The van der Waals surface area contributed by atoms with E-state index in [1.54, 1.807) is 61.2 Å². The molecule has 1 aliphatic rings. The molecule has 10 heteroatoms. The Kier molecular flexibility index (Phi) is 5.38. The van der Waals surface area contributed by atoms with Crippen LogP contribution in [0.5, 0.6) is 0 Å². The molecule has 0 aromatic carbocycles. The number of carbonyl (C=O) groups excluding carboxylic acids is 1. The number of carbonyl (C=O) groups is 1. The predicted molar refractivity (Wildman–Crippen MR) is 125 cm³/mol. The number of thiocarbonyl (C=S) groups is 1. The fourth-order valence-corrected chi connectivity index (χ4v) is 4.51. The largest absolute Gasteiger partial charge is 0.467 e. The Balaban J connectivity index is 1.53. The van der Waals surface area contributed by atoms with Crippen molar-refractivity contribution in [2.75, 3.05) is 5.32 Å². The van der Waals surface area contributed by atoms with E-state index in [1.807, 2.05) is 6.07 Å². The maximum atomic E-state index is 13.3. The molecule has 8 nitrogen and oxygen atoms in total. The fraction of sp³-hybridized carbons (Fsp3) is 0.0909. The van der Waals surface area contributed by atoms with Gasteiger partial charge in [-0.3, -0.25) is 18.9 Å². The number of pyridine rings is 1. The second-order valence-electron chi connectivity index (χ2n) is 6.89. The van der Waals surface area contributed by atoms with Crippen LogP contribution in [0.1, 0.15) is 17.1 Å². The van der Waals surface area contributed by atoms with E-state index in [4.69, 9.17) is 21.1 Å². The monoisotopic (exact) mass is 464 g/mol. The third kappa shape index (κ3) is 3.85. The first-order valence-electron chi connectivity index (χ1n) is 9.65. The third-order valence-corrected chi connectivity index (χ3v) is 6.20. The van der Waals surface area contributed by atoms with Gasteiger partial charge in [0.05, 0.1) is 36.1 Å². The molecular weight excluding hydrogens is 448 g/mol. The van der Waals surface area contributed by atoms with Gasteiger partial charge in [-0.25, -0.2) is 4.98 Å². The first-order chi connectivity index (χ1) is 15.6. The lowest BCUT2D eigenvalue weighted by Crippen LogP contribution is -2.27. The number of amides is 1. The van der Waals surface area contributed by atoms with Crippen molar-refractivity contribution in [3.63, 3.8) is 0 Å². The Morgan fingerprint density at radius 3 is 2.59 bits per heavy atom. The van der Waals surface area contributed by atoms with Gasteiger partial charge in [-0.2, -0.15) is 0 Å². The van der Waals surface area contributed by atoms with Gasteiger partial charge in [-0.05, 0) is 42.5 Å². The van der Waals surface area contributed by atoms with Gasteiger partial charge in [0.15, 0.2) is 0 Å². The summed E-state index contributed by atoms with van der Waals surface area (Å²) in [5.41, 5.74) is 0.453. The van der Waals surface area contributed by atoms with E-state index in [2.05, 4.69) is 10.3 Å². The topological polar surface area (TPSA) is 93.0 Å². The zero-order chi connectivity index (χ0) is 22.1. The van der Waals surface area contributed by atoms with Crippen molar-refractivity contribution in [2.45, 2.75) is 13.1 Å². The molecule has 0 unspecified atom stereocenters. The lowest BCUT2D eigenvalue weighted by atomic mass is 10.2. The number of thioether (sulfide) groups is 1. The zero-order valence-electron chi connectivity index (χ0n) is 16.6. The zero-order valence-corrected chi connectivity index (χ0v) is 18.2. The lowest BCUT2D eigenvalue weighted by Gasteiger charge is -2.12. The van der Waals surface area contributed by atoms with Crippen molar-refractivity contribution in [3.05, 3.63) is 93.5 Å². The number of furan rings is 2. The smallest absolute Gasteiger partial charge is 0.267 e. The lowest BCUT2D eigenvalue weighted by molar-refractivity contribution is -0.122. The van der Waals surface area contributed by atoms with E-state index >= 15 is 0 Å². The minimum absolute atomic E-state index is 0.230. The number of rotatable bonds is 6. The minimum Gasteiger partial charge on any atom is -0.467 e. The predicted octanol–water partition coefficient (Wildman–Crippen LogP) is 3.89. The van der Waals surface area contributed by atoms with Gasteiger partial charge in [0, 0.05) is 6.20 Å². The summed E-state index contributed by atoms with van der Waals surface area (Å²) in [4.78, 5) is 32.7.